The van der Waals surface area contributed by atoms with Crippen LogP contribution in [-0.4, -0.2) is 54.8 Å². The summed E-state index contributed by atoms with van der Waals surface area (Å²) >= 11 is 1.53. The third kappa shape index (κ3) is 2.53. The Labute approximate surface area is 170 Å². The van der Waals surface area contributed by atoms with Gasteiger partial charge in [0.1, 0.15) is 11.9 Å². The van der Waals surface area contributed by atoms with Gasteiger partial charge in [-0.1, -0.05) is 6.07 Å². The number of Topliss-reactive ketones (excluding diaryl/α,β-unsaturated/α-hetero) is 1. The number of hydrogen-bond donors (Lipinski definition) is 3. The topological polar surface area (TPSA) is 113 Å². The molecular formula is C20H19N5O3S. The maximum Gasteiger partial charge on any atom is 0.209 e. The fraction of sp³-hybridized carbons (Fsp3) is 0.400. The zero-order valence-corrected chi connectivity index (χ0v) is 16.6. The van der Waals surface area contributed by atoms with Crippen LogP contribution in [0.25, 0.3) is 11.2 Å². The molecule has 2 unspecified atom stereocenters. The van der Waals surface area contributed by atoms with Crippen molar-refractivity contribution in [3.05, 3.63) is 34.5 Å². The van der Waals surface area contributed by atoms with E-state index < -0.39 is 23.7 Å². The molecule has 8 nitrogen and oxygen atoms in total. The number of carbonyl (C=O) groups excluding carboxylic acids is 1. The van der Waals surface area contributed by atoms with Gasteiger partial charge in [-0.15, -0.1) is 11.3 Å². The van der Waals surface area contributed by atoms with Crippen LogP contribution in [0.5, 0.6) is 0 Å². The quantitative estimate of drug-likeness (QED) is 0.557. The Balaban J connectivity index is 1.61. The monoisotopic (exact) mass is 409 g/mol. The average Bonchev–Trinajstić information content (AvgIpc) is 3.00. The van der Waals surface area contributed by atoms with E-state index >= 15 is 0 Å². The van der Waals surface area contributed by atoms with Crippen LogP contribution in [0.2, 0.25) is 0 Å². The van der Waals surface area contributed by atoms with Gasteiger partial charge in [0.15, 0.2) is 17.0 Å². The number of thiophene rings is 1. The smallest absolute Gasteiger partial charge is 0.209 e. The standard InChI is InChI=1S/C20H19N5O3S/c1-10(26)20-8-12(20)15(16(27)17(20)28)25-9-22-14-18(21-2)23-13(24-19(14)25)6-5-11-4-3-7-29-11/h3-4,7,9,12,15-17,27-28H,8H2,1-2H3,(H,21,23,24)/t12?,15-,16+,17?,20+/m1/s1. The Morgan fingerprint density at radius 2 is 2.21 bits per heavy atom. The van der Waals surface area contributed by atoms with Crippen molar-refractivity contribution in [1.29, 1.82) is 0 Å². The molecule has 3 heterocycles. The van der Waals surface area contributed by atoms with Gasteiger partial charge in [0.25, 0.3) is 0 Å². The second-order valence-electron chi connectivity index (χ2n) is 7.53. The maximum atomic E-state index is 12.1. The number of anilines is 1. The van der Waals surface area contributed by atoms with E-state index in [4.69, 9.17) is 0 Å². The van der Waals surface area contributed by atoms with Gasteiger partial charge in [-0.25, -0.2) is 15.0 Å². The normalized spacial score (nSPS) is 29.9. The first-order valence-electron chi connectivity index (χ1n) is 9.32. The van der Waals surface area contributed by atoms with Crippen LogP contribution < -0.4 is 5.32 Å². The Kier molecular flexibility index (Phi) is 4.00. The molecule has 2 aliphatic rings. The maximum absolute atomic E-state index is 12.1. The summed E-state index contributed by atoms with van der Waals surface area (Å²) in [4.78, 5) is 26.5. The van der Waals surface area contributed by atoms with Gasteiger partial charge in [-0.05, 0) is 42.5 Å². The molecule has 148 valence electrons. The third-order valence-corrected chi connectivity index (χ3v) is 6.91. The Bertz CT molecular complexity index is 1180. The number of fused-ring (bicyclic) bond motifs is 2. The first kappa shape index (κ1) is 18.2. The largest absolute Gasteiger partial charge is 0.389 e. The van der Waals surface area contributed by atoms with Crippen LogP contribution in [0, 0.1) is 23.2 Å². The van der Waals surface area contributed by atoms with Crippen LogP contribution in [0.3, 0.4) is 0 Å². The van der Waals surface area contributed by atoms with E-state index in [0.717, 1.165) is 4.88 Å². The van der Waals surface area contributed by atoms with E-state index in [0.29, 0.717) is 29.2 Å². The van der Waals surface area contributed by atoms with Crippen molar-refractivity contribution in [3.8, 4) is 11.8 Å². The molecule has 3 aromatic rings. The summed E-state index contributed by atoms with van der Waals surface area (Å²) in [6, 6.07) is 3.37. The van der Waals surface area contributed by atoms with Gasteiger partial charge in [-0.3, -0.25) is 4.79 Å². The van der Waals surface area contributed by atoms with E-state index in [-0.39, 0.29) is 11.7 Å². The second-order valence-corrected chi connectivity index (χ2v) is 8.48. The van der Waals surface area contributed by atoms with E-state index in [9.17, 15) is 15.0 Å². The van der Waals surface area contributed by atoms with Crippen molar-refractivity contribution in [3.63, 3.8) is 0 Å². The molecule has 0 saturated heterocycles. The molecule has 0 spiro atoms. The van der Waals surface area contributed by atoms with E-state index in [1.165, 1.54) is 18.3 Å². The first-order valence-corrected chi connectivity index (χ1v) is 10.2. The molecule has 3 N–H and O–H groups in total. The van der Waals surface area contributed by atoms with Crippen LogP contribution in [0.15, 0.2) is 23.8 Å². The summed E-state index contributed by atoms with van der Waals surface area (Å²) in [6.07, 6.45) is -0.00835. The number of nitrogens with zero attached hydrogens (tertiary/aromatic N) is 4. The van der Waals surface area contributed by atoms with Crippen molar-refractivity contribution in [1.82, 2.24) is 19.5 Å². The van der Waals surface area contributed by atoms with Crippen LogP contribution in [0.4, 0.5) is 5.82 Å². The van der Waals surface area contributed by atoms with Crippen molar-refractivity contribution < 1.29 is 15.0 Å². The van der Waals surface area contributed by atoms with E-state index in [1.54, 1.807) is 17.9 Å². The van der Waals surface area contributed by atoms with Crippen molar-refractivity contribution in [2.75, 3.05) is 12.4 Å². The number of imidazole rings is 1. The lowest BCUT2D eigenvalue weighted by molar-refractivity contribution is -0.128. The van der Waals surface area contributed by atoms with E-state index in [2.05, 4.69) is 32.1 Å². The number of aliphatic hydroxyl groups excluding tert-OH is 2. The lowest BCUT2D eigenvalue weighted by atomic mass is 9.95. The number of ketones is 1. The molecule has 29 heavy (non-hydrogen) atoms. The highest BCUT2D eigenvalue weighted by Crippen LogP contribution is 2.68. The minimum Gasteiger partial charge on any atom is -0.389 e. The van der Waals surface area contributed by atoms with Gasteiger partial charge in [-0.2, -0.15) is 0 Å². The SMILES string of the molecule is CNc1nc(C#Cc2cccs2)nc2c1ncn2[C@@H]1C2C[C@@]2(C(C)=O)C(O)[C@H]1O. The summed E-state index contributed by atoms with van der Waals surface area (Å²) < 4.78 is 1.75. The average molecular weight is 409 g/mol. The molecule has 5 rings (SSSR count). The molecular weight excluding hydrogens is 390 g/mol. The van der Waals surface area contributed by atoms with Gasteiger partial charge in [0, 0.05) is 7.05 Å². The summed E-state index contributed by atoms with van der Waals surface area (Å²) in [6.45, 7) is 1.48. The van der Waals surface area contributed by atoms with Gasteiger partial charge in [0.05, 0.1) is 28.8 Å². The molecule has 0 aromatic carbocycles. The lowest BCUT2D eigenvalue weighted by Gasteiger charge is -2.23. The van der Waals surface area contributed by atoms with Gasteiger partial charge >= 0.3 is 0 Å². The molecule has 0 amide bonds. The zero-order chi connectivity index (χ0) is 20.3. The molecule has 0 radical (unpaired) electrons. The Morgan fingerprint density at radius 3 is 2.86 bits per heavy atom. The summed E-state index contributed by atoms with van der Waals surface area (Å²) in [5.74, 6) is 6.66. The zero-order valence-electron chi connectivity index (χ0n) is 15.8. The number of aliphatic hydroxyl groups is 2. The number of aromatic nitrogens is 4. The molecule has 5 atom stereocenters. The fourth-order valence-electron chi connectivity index (χ4n) is 4.60. The highest BCUT2D eigenvalue weighted by atomic mass is 32.1. The third-order valence-electron chi connectivity index (χ3n) is 6.13. The second kappa shape index (κ2) is 6.35. The summed E-state index contributed by atoms with van der Waals surface area (Å²) in [5.41, 5.74) is 0.209. The fourth-order valence-corrected chi connectivity index (χ4v) is 5.17. The number of carbonyl (C=O) groups is 1. The number of rotatable bonds is 3. The lowest BCUT2D eigenvalue weighted by Crippen LogP contribution is -2.36. The molecule has 0 bridgehead atoms. The van der Waals surface area contributed by atoms with Crippen molar-refractivity contribution in [2.45, 2.75) is 31.6 Å². The summed E-state index contributed by atoms with van der Waals surface area (Å²) in [5, 5.41) is 26.2. The molecule has 9 heteroatoms. The molecule has 2 fully saturated rings. The van der Waals surface area contributed by atoms with Gasteiger partial charge in [0.2, 0.25) is 5.82 Å². The van der Waals surface area contributed by atoms with Crippen LogP contribution in [-0.2, 0) is 4.79 Å². The minimum absolute atomic E-state index is 0.0889. The molecule has 3 aromatic heterocycles. The van der Waals surface area contributed by atoms with Crippen LogP contribution in [0.1, 0.15) is 30.1 Å². The predicted molar refractivity (Wildman–Crippen MR) is 107 cm³/mol. The Hall–Kier alpha value is -2.80. The number of hydrogen-bond acceptors (Lipinski definition) is 8. The van der Waals surface area contributed by atoms with Crippen LogP contribution >= 0.6 is 11.3 Å². The highest BCUT2D eigenvalue weighted by molar-refractivity contribution is 7.10. The number of nitrogens with one attached hydrogen (secondary N) is 1. The predicted octanol–water partition coefficient (Wildman–Crippen LogP) is 1.20. The first-order chi connectivity index (χ1) is 14.0. The molecule has 2 saturated carbocycles. The van der Waals surface area contributed by atoms with E-state index in [1.807, 2.05) is 17.5 Å². The minimum atomic E-state index is -1.09. The summed E-state index contributed by atoms with van der Waals surface area (Å²) in [7, 11) is 1.74. The van der Waals surface area contributed by atoms with Crippen molar-refractivity contribution in [2.24, 2.45) is 11.3 Å². The van der Waals surface area contributed by atoms with Crippen molar-refractivity contribution >= 4 is 34.1 Å². The molecule has 2 aliphatic carbocycles. The highest BCUT2D eigenvalue weighted by Gasteiger charge is 2.74. The van der Waals surface area contributed by atoms with Gasteiger partial charge < -0.3 is 20.1 Å². The molecule has 0 aliphatic heterocycles. The Morgan fingerprint density at radius 1 is 1.38 bits per heavy atom.